The molecule has 1 radical (unpaired) electrons. The number of carboxylic acid groups (broad SMARTS) is 1. The van der Waals surface area contributed by atoms with E-state index in [1.54, 1.807) is 12.1 Å². The summed E-state index contributed by atoms with van der Waals surface area (Å²) in [6.07, 6.45) is 8.39. The fourth-order valence-corrected chi connectivity index (χ4v) is 5.68. The zero-order chi connectivity index (χ0) is 24.4. The number of hydrogen-bond donors (Lipinski definition) is 1. The Bertz CT molecular complexity index is 1020. The topological polar surface area (TPSA) is 46.5 Å². The highest BCUT2D eigenvalue weighted by Gasteiger charge is 2.37. The van der Waals surface area contributed by atoms with Crippen LogP contribution in [0.3, 0.4) is 0 Å². The number of hydrogen-bond acceptors (Lipinski definition) is 2. The standard InChI is InChI=1S/C29H39O3Si/c1-20(19-21-11-13-22(14-12-21)27(30)31)23-15-16-24(28(2,3)4)25(26(23)32-33(6)7)29(5)17-9-8-10-18-29/h11-16,19H,8-10,17-18H2,1-7H3,(H,30,31)/b20-19+. The monoisotopic (exact) mass is 463 g/mol. The van der Waals surface area contributed by atoms with Crippen LogP contribution in [0.25, 0.3) is 11.6 Å². The van der Waals surface area contributed by atoms with E-state index in [1.807, 2.05) is 12.1 Å². The minimum absolute atomic E-state index is 0.0328. The predicted molar refractivity (Wildman–Crippen MR) is 141 cm³/mol. The van der Waals surface area contributed by atoms with Crippen molar-refractivity contribution in [1.29, 1.82) is 0 Å². The number of rotatable bonds is 6. The molecule has 2 aromatic carbocycles. The third kappa shape index (κ3) is 5.78. The van der Waals surface area contributed by atoms with E-state index >= 15 is 0 Å². The quantitative estimate of drug-likeness (QED) is 0.348. The molecule has 0 aliphatic heterocycles. The van der Waals surface area contributed by atoms with Crippen molar-refractivity contribution in [2.45, 2.75) is 90.6 Å². The van der Waals surface area contributed by atoms with E-state index in [1.165, 1.54) is 43.2 Å². The van der Waals surface area contributed by atoms with Crippen LogP contribution in [0.15, 0.2) is 36.4 Å². The molecule has 177 valence electrons. The Morgan fingerprint density at radius 2 is 1.64 bits per heavy atom. The summed E-state index contributed by atoms with van der Waals surface area (Å²) in [6, 6.07) is 11.6. The van der Waals surface area contributed by atoms with Gasteiger partial charge in [-0.3, -0.25) is 0 Å². The van der Waals surface area contributed by atoms with Crippen molar-refractivity contribution in [3.05, 3.63) is 64.2 Å². The average Bonchev–Trinajstić information content (AvgIpc) is 2.73. The Morgan fingerprint density at radius 3 is 2.15 bits per heavy atom. The van der Waals surface area contributed by atoms with Gasteiger partial charge in [-0.05, 0) is 72.5 Å². The molecule has 0 saturated heterocycles. The number of aromatic carboxylic acids is 1. The van der Waals surface area contributed by atoms with E-state index in [4.69, 9.17) is 4.43 Å². The molecule has 3 rings (SSSR count). The third-order valence-corrected chi connectivity index (χ3v) is 7.41. The molecule has 1 fully saturated rings. The summed E-state index contributed by atoms with van der Waals surface area (Å²) < 4.78 is 6.72. The first-order valence-corrected chi connectivity index (χ1v) is 14.5. The highest BCUT2D eigenvalue weighted by atomic mass is 28.3. The van der Waals surface area contributed by atoms with Crippen molar-refractivity contribution in [3.63, 3.8) is 0 Å². The van der Waals surface area contributed by atoms with Crippen LogP contribution in [0.2, 0.25) is 13.1 Å². The predicted octanol–water partition coefficient (Wildman–Crippen LogP) is 8.09. The van der Waals surface area contributed by atoms with Gasteiger partial charge in [-0.1, -0.05) is 77.3 Å². The normalized spacial score (nSPS) is 16.7. The van der Waals surface area contributed by atoms with E-state index < -0.39 is 15.0 Å². The molecule has 4 heteroatoms. The maximum Gasteiger partial charge on any atom is 0.335 e. The van der Waals surface area contributed by atoms with Gasteiger partial charge >= 0.3 is 5.97 Å². The average molecular weight is 464 g/mol. The van der Waals surface area contributed by atoms with E-state index in [0.29, 0.717) is 5.56 Å². The Balaban J connectivity index is 2.20. The molecular weight excluding hydrogens is 424 g/mol. The molecule has 0 atom stereocenters. The first-order valence-electron chi connectivity index (χ1n) is 12.1. The fraction of sp³-hybridized carbons (Fsp3) is 0.483. The molecule has 1 N–H and O–H groups in total. The van der Waals surface area contributed by atoms with Gasteiger partial charge in [0.25, 0.3) is 9.04 Å². The lowest BCUT2D eigenvalue weighted by molar-refractivity contribution is 0.0697. The van der Waals surface area contributed by atoms with Crippen molar-refractivity contribution < 1.29 is 14.3 Å². The van der Waals surface area contributed by atoms with Gasteiger partial charge in [0.15, 0.2) is 0 Å². The molecule has 3 nitrogen and oxygen atoms in total. The first kappa shape index (κ1) is 25.3. The largest absolute Gasteiger partial charge is 0.542 e. The summed E-state index contributed by atoms with van der Waals surface area (Å²) in [5.41, 5.74) is 6.54. The summed E-state index contributed by atoms with van der Waals surface area (Å²) in [6.45, 7) is 15.9. The molecule has 1 saturated carbocycles. The first-order chi connectivity index (χ1) is 15.4. The SMILES string of the molecule is C/C(=C\c1ccc(C(=O)O)cc1)c1ccc(C(C)(C)C)c(C2(C)CCCCC2)c1O[Si](C)C. The van der Waals surface area contributed by atoms with Gasteiger partial charge < -0.3 is 9.53 Å². The van der Waals surface area contributed by atoms with E-state index in [9.17, 15) is 9.90 Å². The van der Waals surface area contributed by atoms with Crippen molar-refractivity contribution in [2.24, 2.45) is 0 Å². The second-order valence-electron chi connectivity index (χ2n) is 11.0. The van der Waals surface area contributed by atoms with Crippen LogP contribution in [-0.4, -0.2) is 20.1 Å². The van der Waals surface area contributed by atoms with Crippen LogP contribution in [-0.2, 0) is 10.8 Å². The lowest BCUT2D eigenvalue weighted by Crippen LogP contribution is -2.31. The van der Waals surface area contributed by atoms with Crippen molar-refractivity contribution in [1.82, 2.24) is 0 Å². The summed E-state index contributed by atoms with van der Waals surface area (Å²) in [5.74, 6) is 0.170. The molecule has 0 unspecified atom stereocenters. The number of carboxylic acids is 1. The summed E-state index contributed by atoms with van der Waals surface area (Å²) in [5, 5.41) is 9.20. The van der Waals surface area contributed by atoms with Gasteiger partial charge in [0.05, 0.1) is 5.56 Å². The van der Waals surface area contributed by atoms with Gasteiger partial charge in [0.1, 0.15) is 5.75 Å². The Labute approximate surface area is 201 Å². The van der Waals surface area contributed by atoms with Crippen LogP contribution in [0.5, 0.6) is 5.75 Å². The van der Waals surface area contributed by atoms with Crippen molar-refractivity contribution in [3.8, 4) is 5.75 Å². The fourth-order valence-electron chi connectivity index (χ4n) is 5.06. The summed E-state index contributed by atoms with van der Waals surface area (Å²) in [7, 11) is -0.969. The van der Waals surface area contributed by atoms with Gasteiger partial charge in [-0.15, -0.1) is 0 Å². The Kier molecular flexibility index (Phi) is 7.58. The highest BCUT2D eigenvalue weighted by Crippen LogP contribution is 2.49. The third-order valence-electron chi connectivity index (χ3n) is 6.80. The van der Waals surface area contributed by atoms with Crippen LogP contribution in [0.1, 0.15) is 99.3 Å². The minimum Gasteiger partial charge on any atom is -0.542 e. The lowest BCUT2D eigenvalue weighted by atomic mass is 9.65. The zero-order valence-corrected chi connectivity index (χ0v) is 22.3. The van der Waals surface area contributed by atoms with Crippen LogP contribution in [0, 0.1) is 0 Å². The van der Waals surface area contributed by atoms with Gasteiger partial charge in [-0.25, -0.2) is 4.79 Å². The molecule has 33 heavy (non-hydrogen) atoms. The van der Waals surface area contributed by atoms with Gasteiger partial charge in [0.2, 0.25) is 0 Å². The molecule has 0 heterocycles. The molecule has 0 bridgehead atoms. The van der Waals surface area contributed by atoms with E-state index in [0.717, 1.165) is 22.4 Å². The second-order valence-corrected chi connectivity index (χ2v) is 13.0. The Morgan fingerprint density at radius 1 is 1.03 bits per heavy atom. The molecule has 0 spiro atoms. The molecule has 1 aliphatic carbocycles. The zero-order valence-electron chi connectivity index (χ0n) is 21.3. The maximum atomic E-state index is 11.2. The van der Waals surface area contributed by atoms with Crippen LogP contribution in [0.4, 0.5) is 0 Å². The van der Waals surface area contributed by atoms with E-state index in [-0.39, 0.29) is 10.8 Å². The van der Waals surface area contributed by atoms with Crippen LogP contribution >= 0.6 is 0 Å². The number of benzene rings is 2. The van der Waals surface area contributed by atoms with Crippen molar-refractivity contribution >= 4 is 26.7 Å². The van der Waals surface area contributed by atoms with Crippen molar-refractivity contribution in [2.75, 3.05) is 0 Å². The van der Waals surface area contributed by atoms with Gasteiger partial charge in [-0.2, -0.15) is 0 Å². The molecule has 0 amide bonds. The van der Waals surface area contributed by atoms with Crippen LogP contribution < -0.4 is 4.43 Å². The molecule has 2 aromatic rings. The summed E-state index contributed by atoms with van der Waals surface area (Å²) >= 11 is 0. The molecule has 1 aliphatic rings. The minimum atomic E-state index is -0.969. The Hall–Kier alpha value is -2.33. The second kappa shape index (κ2) is 9.88. The van der Waals surface area contributed by atoms with E-state index in [2.05, 4.69) is 65.9 Å². The molecular formula is C29H39O3Si. The smallest absolute Gasteiger partial charge is 0.335 e. The highest BCUT2D eigenvalue weighted by molar-refractivity contribution is 6.49. The summed E-state index contributed by atoms with van der Waals surface area (Å²) in [4.78, 5) is 11.2. The number of allylic oxidation sites excluding steroid dienone is 1. The maximum absolute atomic E-state index is 11.2. The lowest BCUT2D eigenvalue weighted by Gasteiger charge is -2.40. The molecule has 0 aromatic heterocycles. The van der Waals surface area contributed by atoms with Gasteiger partial charge in [0, 0.05) is 11.1 Å². The number of carbonyl (C=O) groups is 1.